The third-order valence-electron chi connectivity index (χ3n) is 5.57. The van der Waals surface area contributed by atoms with Gasteiger partial charge < -0.3 is 4.90 Å². The quantitative estimate of drug-likeness (QED) is 0.390. The van der Waals surface area contributed by atoms with Gasteiger partial charge in [0.25, 0.3) is 0 Å². The van der Waals surface area contributed by atoms with Gasteiger partial charge in [-0.05, 0) is 56.3 Å². The molecule has 180 valence electrons. The van der Waals surface area contributed by atoms with Crippen molar-refractivity contribution in [1.29, 1.82) is 0 Å². The fourth-order valence-corrected chi connectivity index (χ4v) is 6.12. The highest BCUT2D eigenvalue weighted by Gasteiger charge is 2.24. The number of hydrogen-bond acceptors (Lipinski definition) is 6. The fraction of sp³-hybridized carbons (Fsp3) is 0.417. The Labute approximate surface area is 207 Å². The lowest BCUT2D eigenvalue weighted by molar-refractivity contribution is -0.118. The number of halogens is 1. The zero-order valence-electron chi connectivity index (χ0n) is 19.6. The van der Waals surface area contributed by atoms with Crippen LogP contribution in [0.15, 0.2) is 47.4 Å². The molecule has 1 amide bonds. The van der Waals surface area contributed by atoms with Crippen LogP contribution in [0, 0.1) is 13.8 Å². The molecular weight excluding hydrogens is 478 g/mol. The molecule has 0 saturated carbocycles. The number of fused-ring (bicyclic) bond motifs is 1. The number of aromatic nitrogens is 1. The van der Waals surface area contributed by atoms with Gasteiger partial charge in [0.1, 0.15) is 0 Å². The molecule has 1 heterocycles. The lowest BCUT2D eigenvalue weighted by atomic mass is 10.1. The van der Waals surface area contributed by atoms with E-state index in [1.54, 1.807) is 35.2 Å². The molecular formula is C24H32ClN3O3S2. The molecule has 1 aromatic heterocycles. The lowest BCUT2D eigenvalue weighted by Crippen LogP contribution is -2.39. The minimum atomic E-state index is -3.52. The van der Waals surface area contributed by atoms with E-state index in [9.17, 15) is 13.2 Å². The van der Waals surface area contributed by atoms with E-state index in [0.29, 0.717) is 18.2 Å². The zero-order valence-corrected chi connectivity index (χ0v) is 22.0. The first-order valence-corrected chi connectivity index (χ1v) is 13.4. The minimum Gasteiger partial charge on any atom is -0.302 e. The molecule has 0 fully saturated rings. The van der Waals surface area contributed by atoms with E-state index in [1.807, 2.05) is 13.8 Å². The Kier molecular flexibility index (Phi) is 9.84. The highest BCUT2D eigenvalue weighted by molar-refractivity contribution is 7.91. The van der Waals surface area contributed by atoms with Crippen LogP contribution < -0.4 is 4.90 Å². The van der Waals surface area contributed by atoms with Crippen LogP contribution >= 0.6 is 23.7 Å². The summed E-state index contributed by atoms with van der Waals surface area (Å²) < 4.78 is 26.4. The van der Waals surface area contributed by atoms with Crippen molar-refractivity contribution < 1.29 is 13.2 Å². The van der Waals surface area contributed by atoms with Crippen molar-refractivity contribution in [2.24, 2.45) is 0 Å². The van der Waals surface area contributed by atoms with E-state index in [0.717, 1.165) is 34.4 Å². The summed E-state index contributed by atoms with van der Waals surface area (Å²) in [5, 5.41) is 0.628. The van der Waals surface area contributed by atoms with Crippen LogP contribution in [0.4, 0.5) is 5.13 Å². The normalized spacial score (nSPS) is 11.5. The number of carbonyl (C=O) groups excluding carboxylic acids is 1. The van der Waals surface area contributed by atoms with E-state index in [1.165, 1.54) is 11.3 Å². The molecule has 3 rings (SSSR count). The van der Waals surface area contributed by atoms with Crippen molar-refractivity contribution in [3.05, 3.63) is 53.6 Å². The van der Waals surface area contributed by atoms with Crippen LogP contribution in [0.2, 0.25) is 0 Å². The fourth-order valence-electron chi connectivity index (χ4n) is 3.68. The number of anilines is 1. The Morgan fingerprint density at radius 1 is 1.03 bits per heavy atom. The summed E-state index contributed by atoms with van der Waals surface area (Å²) in [4.78, 5) is 22.2. The number of benzene rings is 2. The third kappa shape index (κ3) is 6.76. The summed E-state index contributed by atoms with van der Waals surface area (Å²) in [6.45, 7) is 11.2. The molecule has 6 nitrogen and oxygen atoms in total. The summed E-state index contributed by atoms with van der Waals surface area (Å²) >= 11 is 1.48. The maximum absolute atomic E-state index is 13.2. The number of carbonyl (C=O) groups is 1. The second kappa shape index (κ2) is 11.9. The number of sulfone groups is 1. The van der Waals surface area contributed by atoms with Gasteiger partial charge >= 0.3 is 0 Å². The number of aryl methyl sites for hydroxylation is 2. The summed E-state index contributed by atoms with van der Waals surface area (Å²) in [6, 6.07) is 12.5. The predicted molar refractivity (Wildman–Crippen MR) is 140 cm³/mol. The number of thiazole rings is 1. The van der Waals surface area contributed by atoms with E-state index in [4.69, 9.17) is 4.98 Å². The van der Waals surface area contributed by atoms with Gasteiger partial charge in [-0.25, -0.2) is 13.4 Å². The van der Waals surface area contributed by atoms with Crippen LogP contribution in [-0.4, -0.2) is 56.1 Å². The number of likely N-dealkylation sites (N-methyl/N-ethyl adjacent to an activating group) is 1. The zero-order chi connectivity index (χ0) is 23.3. The van der Waals surface area contributed by atoms with Gasteiger partial charge in [-0.1, -0.05) is 49.4 Å². The van der Waals surface area contributed by atoms with Crippen molar-refractivity contribution in [1.82, 2.24) is 9.88 Å². The highest BCUT2D eigenvalue weighted by atomic mass is 35.5. The first-order chi connectivity index (χ1) is 15.2. The molecule has 0 bridgehead atoms. The second-order valence-electron chi connectivity index (χ2n) is 7.88. The molecule has 33 heavy (non-hydrogen) atoms. The molecule has 0 radical (unpaired) electrons. The molecule has 9 heteroatoms. The summed E-state index contributed by atoms with van der Waals surface area (Å²) in [6.07, 6.45) is -0.0799. The molecule has 2 aromatic carbocycles. The Hall–Kier alpha value is -2.00. The van der Waals surface area contributed by atoms with Crippen molar-refractivity contribution in [3.8, 4) is 0 Å². The second-order valence-corrected chi connectivity index (χ2v) is 11.0. The van der Waals surface area contributed by atoms with Crippen LogP contribution in [0.5, 0.6) is 0 Å². The lowest BCUT2D eigenvalue weighted by Gasteiger charge is -2.24. The van der Waals surface area contributed by atoms with Crippen molar-refractivity contribution >= 4 is 54.8 Å². The van der Waals surface area contributed by atoms with Crippen LogP contribution in [0.3, 0.4) is 0 Å². The first-order valence-electron chi connectivity index (χ1n) is 10.9. The predicted octanol–water partition coefficient (Wildman–Crippen LogP) is 4.87. The van der Waals surface area contributed by atoms with Crippen molar-refractivity contribution in [2.45, 2.75) is 39.0 Å². The molecule has 3 aromatic rings. The first kappa shape index (κ1) is 27.2. The summed E-state index contributed by atoms with van der Waals surface area (Å²) in [5.74, 6) is -0.439. The van der Waals surface area contributed by atoms with E-state index < -0.39 is 9.84 Å². The minimum absolute atomic E-state index is 0. The molecule has 0 spiro atoms. The maximum Gasteiger partial charge on any atom is 0.229 e. The van der Waals surface area contributed by atoms with Crippen LogP contribution in [-0.2, 0) is 14.6 Å². The molecule has 0 aliphatic rings. The molecule has 0 atom stereocenters. The Morgan fingerprint density at radius 3 is 2.33 bits per heavy atom. The van der Waals surface area contributed by atoms with Crippen molar-refractivity contribution in [2.75, 3.05) is 36.8 Å². The van der Waals surface area contributed by atoms with E-state index in [2.05, 4.69) is 30.9 Å². The van der Waals surface area contributed by atoms with Crippen LogP contribution in [0.25, 0.3) is 10.2 Å². The number of nitrogens with zero attached hydrogens (tertiary/aromatic N) is 3. The van der Waals surface area contributed by atoms with Gasteiger partial charge in [0.05, 0.1) is 20.9 Å². The van der Waals surface area contributed by atoms with Gasteiger partial charge in [-0.2, -0.15) is 0 Å². The molecule has 0 N–H and O–H groups in total. The van der Waals surface area contributed by atoms with Gasteiger partial charge in [-0.15, -0.1) is 12.4 Å². The van der Waals surface area contributed by atoms with E-state index in [-0.39, 0.29) is 35.4 Å². The van der Waals surface area contributed by atoms with Gasteiger partial charge in [0, 0.05) is 19.5 Å². The van der Waals surface area contributed by atoms with Crippen molar-refractivity contribution in [3.63, 3.8) is 0 Å². The molecule has 0 aliphatic carbocycles. The third-order valence-corrected chi connectivity index (χ3v) is 8.33. The largest absolute Gasteiger partial charge is 0.302 e. The average molecular weight is 510 g/mol. The average Bonchev–Trinajstić information content (AvgIpc) is 3.20. The van der Waals surface area contributed by atoms with Gasteiger partial charge in [-0.3, -0.25) is 9.69 Å². The van der Waals surface area contributed by atoms with Crippen LogP contribution in [0.1, 0.15) is 31.4 Å². The number of amides is 1. The van der Waals surface area contributed by atoms with E-state index >= 15 is 0 Å². The highest BCUT2D eigenvalue weighted by Crippen LogP contribution is 2.32. The Bertz CT molecular complexity index is 1180. The molecule has 0 saturated heterocycles. The Morgan fingerprint density at radius 2 is 1.70 bits per heavy atom. The Balaban J connectivity index is 0.00000385. The number of hydrogen-bond donors (Lipinski definition) is 0. The van der Waals surface area contributed by atoms with Gasteiger partial charge in [0.15, 0.2) is 15.0 Å². The van der Waals surface area contributed by atoms with Gasteiger partial charge in [0.2, 0.25) is 5.91 Å². The topological polar surface area (TPSA) is 70.6 Å². The summed E-state index contributed by atoms with van der Waals surface area (Å²) in [7, 11) is -3.52. The summed E-state index contributed by atoms with van der Waals surface area (Å²) in [5.41, 5.74) is 3.12. The smallest absolute Gasteiger partial charge is 0.229 e. The monoisotopic (exact) mass is 509 g/mol. The molecule has 0 aliphatic heterocycles. The standard InChI is InChI=1S/C24H31N3O3S2.ClH/c1-5-26(6-2)13-14-27(24-25-23-19(4)16-18(3)17-21(23)31-24)22(28)12-15-32(29,30)20-10-8-7-9-11-20;/h7-11,16-17H,5-6,12-15H2,1-4H3;1H. The molecule has 0 unspecified atom stereocenters. The number of rotatable bonds is 10. The maximum atomic E-state index is 13.2. The SMILES string of the molecule is CCN(CC)CCN(C(=O)CCS(=O)(=O)c1ccccc1)c1nc2c(C)cc(C)cc2s1.Cl.